The van der Waals surface area contributed by atoms with Crippen LogP contribution in [0.2, 0.25) is 0 Å². The van der Waals surface area contributed by atoms with Gasteiger partial charge in [-0.3, -0.25) is 9.59 Å². The maximum absolute atomic E-state index is 13.4. The molecule has 1 amide bonds. The summed E-state index contributed by atoms with van der Waals surface area (Å²) in [7, 11) is -5.72. The van der Waals surface area contributed by atoms with E-state index in [1.165, 1.54) is 30.4 Å². The average molecular weight is 770 g/mol. The van der Waals surface area contributed by atoms with Crippen molar-refractivity contribution in [1.82, 2.24) is 0 Å². The predicted octanol–water partition coefficient (Wildman–Crippen LogP) is 10.6. The van der Waals surface area contributed by atoms with Gasteiger partial charge in [-0.1, -0.05) is 60.2 Å². The minimum absolute atomic E-state index is 0.137. The summed E-state index contributed by atoms with van der Waals surface area (Å²) in [6, 6.07) is 23.7. The van der Waals surface area contributed by atoms with Gasteiger partial charge in [0.25, 0.3) is 9.84 Å². The van der Waals surface area contributed by atoms with E-state index in [-0.39, 0.29) is 11.5 Å². The lowest BCUT2D eigenvalue weighted by Crippen LogP contribution is -2.30. The van der Waals surface area contributed by atoms with Crippen LogP contribution in [0, 0.1) is 41.5 Å². The zero-order valence-corrected chi connectivity index (χ0v) is 32.4. The van der Waals surface area contributed by atoms with Gasteiger partial charge < -0.3 is 10.6 Å². The zero-order chi connectivity index (χ0) is 39.3. The molecule has 7 nitrogen and oxygen atoms in total. The van der Waals surface area contributed by atoms with Crippen molar-refractivity contribution in [2.45, 2.75) is 54.0 Å². The summed E-state index contributed by atoms with van der Waals surface area (Å²) >= 11 is 1.48. The summed E-state index contributed by atoms with van der Waals surface area (Å²) < 4.78 is 65.2. The molecule has 1 aliphatic heterocycles. The molecule has 0 aromatic heterocycles. The predicted molar refractivity (Wildman–Crippen MR) is 212 cm³/mol. The SMILES string of the molecule is CC(=O)Nc1c(C)cc(C)c(/N=c2\ccc3c(-c4ccccc4C(=O)CS(=O)(=O)C(F)(F)F)c4ccc(Nc5c(C)cc(C)cc5C)cc4sc-3c2)c1C. The van der Waals surface area contributed by atoms with E-state index in [1.54, 1.807) is 12.1 Å². The van der Waals surface area contributed by atoms with Crippen LogP contribution in [0.25, 0.3) is 31.7 Å². The molecular formula is C42H38F3N3O4S2. The molecule has 4 aromatic rings. The second-order valence-electron chi connectivity index (χ2n) is 13.6. The number of hydrogen-bond donors (Lipinski definition) is 2. The number of anilines is 3. The second kappa shape index (κ2) is 14.5. The third-order valence-electron chi connectivity index (χ3n) is 9.30. The number of sulfone groups is 1. The van der Waals surface area contributed by atoms with Gasteiger partial charge in [0.15, 0.2) is 5.78 Å². The molecule has 0 atom stereocenters. The third-order valence-corrected chi connectivity index (χ3v) is 11.8. The highest BCUT2D eigenvalue weighted by Gasteiger charge is 2.47. The van der Waals surface area contributed by atoms with Gasteiger partial charge in [-0.05, 0) is 105 Å². The molecule has 0 fully saturated rings. The fourth-order valence-electron chi connectivity index (χ4n) is 6.96. The van der Waals surface area contributed by atoms with Crippen molar-refractivity contribution < 1.29 is 31.2 Å². The highest BCUT2D eigenvalue weighted by molar-refractivity contribution is 7.93. The number of rotatable bonds is 8. The number of Topliss-reactive ketones (excluding diaryl/α,β-unsaturated/α-hetero) is 1. The Morgan fingerprint density at radius 3 is 2.11 bits per heavy atom. The van der Waals surface area contributed by atoms with Crippen LogP contribution in [0.15, 0.2) is 83.9 Å². The molecule has 0 bridgehead atoms. The van der Waals surface area contributed by atoms with Gasteiger partial charge in [0.2, 0.25) is 5.91 Å². The standard InChI is InChI=1S/C42H38F3N3O4S2/c1-22-16-23(2)39(24(3)17-22)47-29-12-14-33-36(19-29)53-37-20-30(48-41-26(5)18-25(4)40(27(41)6)46-28(7)49)13-15-34(37)38(33)32-11-9-8-10-31(32)35(50)21-54(51,52)42(43,44)45/h8-20,47H,21H2,1-7H3,(H,46,49)/b48-30+. The topological polar surface area (TPSA) is 105 Å². The highest BCUT2D eigenvalue weighted by atomic mass is 32.2. The molecule has 278 valence electrons. The van der Waals surface area contributed by atoms with Gasteiger partial charge >= 0.3 is 5.51 Å². The van der Waals surface area contributed by atoms with Gasteiger partial charge in [0, 0.05) is 50.1 Å². The number of amides is 1. The number of hydrogen-bond acceptors (Lipinski definition) is 7. The summed E-state index contributed by atoms with van der Waals surface area (Å²) in [5.41, 5.74) is 4.97. The Kier molecular flexibility index (Phi) is 10.3. The van der Waals surface area contributed by atoms with E-state index < -0.39 is 26.9 Å². The highest BCUT2D eigenvalue weighted by Crippen LogP contribution is 2.45. The Hall–Kier alpha value is -5.33. The third kappa shape index (κ3) is 7.53. The van der Waals surface area contributed by atoms with Gasteiger partial charge in [-0.2, -0.15) is 13.2 Å². The molecule has 2 aliphatic rings. The minimum Gasteiger partial charge on any atom is -0.355 e. The smallest absolute Gasteiger partial charge is 0.355 e. The normalized spacial score (nSPS) is 12.4. The van der Waals surface area contributed by atoms with Crippen LogP contribution in [-0.4, -0.2) is 31.4 Å². The lowest BCUT2D eigenvalue weighted by atomic mass is 9.91. The Morgan fingerprint density at radius 1 is 0.778 bits per heavy atom. The monoisotopic (exact) mass is 769 g/mol. The Labute approximate surface area is 315 Å². The molecule has 54 heavy (non-hydrogen) atoms. The number of aryl methyl sites for hydroxylation is 5. The van der Waals surface area contributed by atoms with Crippen molar-refractivity contribution >= 4 is 65.7 Å². The number of halogens is 3. The van der Waals surface area contributed by atoms with E-state index >= 15 is 0 Å². The zero-order valence-electron chi connectivity index (χ0n) is 30.7. The van der Waals surface area contributed by atoms with E-state index in [0.29, 0.717) is 33.4 Å². The van der Waals surface area contributed by atoms with Crippen LogP contribution in [0.3, 0.4) is 0 Å². The summed E-state index contributed by atoms with van der Waals surface area (Å²) in [4.78, 5) is 31.2. The Bertz CT molecular complexity index is 2640. The van der Waals surface area contributed by atoms with Crippen LogP contribution >= 0.6 is 11.3 Å². The first-order valence-corrected chi connectivity index (χ1v) is 19.5. The van der Waals surface area contributed by atoms with Crippen molar-refractivity contribution in [1.29, 1.82) is 0 Å². The number of ketones is 1. The first-order valence-electron chi connectivity index (χ1n) is 17.0. The van der Waals surface area contributed by atoms with Crippen molar-refractivity contribution in [3.63, 3.8) is 0 Å². The molecule has 2 N–H and O–H groups in total. The number of carbonyl (C=O) groups is 2. The maximum atomic E-state index is 13.4. The molecule has 0 unspecified atom stereocenters. The summed E-state index contributed by atoms with van der Waals surface area (Å²) in [5, 5.41) is 7.80. The number of benzene rings is 5. The fourth-order valence-corrected chi connectivity index (χ4v) is 8.79. The number of fused-ring (bicyclic) bond motifs is 2. The van der Waals surface area contributed by atoms with E-state index in [1.807, 2.05) is 84.0 Å². The van der Waals surface area contributed by atoms with Gasteiger partial charge in [0.1, 0.15) is 5.75 Å². The van der Waals surface area contributed by atoms with Crippen LogP contribution in [-0.2, 0) is 14.6 Å². The van der Waals surface area contributed by atoms with Crippen LogP contribution < -0.4 is 16.0 Å². The quantitative estimate of drug-likeness (QED) is 0.118. The second-order valence-corrected chi connectivity index (χ2v) is 16.7. The molecule has 4 aromatic carbocycles. The first kappa shape index (κ1) is 38.4. The molecule has 1 heterocycles. The van der Waals surface area contributed by atoms with Crippen LogP contribution in [0.5, 0.6) is 0 Å². The van der Waals surface area contributed by atoms with E-state index in [2.05, 4.69) is 22.8 Å². The van der Waals surface area contributed by atoms with Crippen molar-refractivity contribution in [3.8, 4) is 21.6 Å². The molecular weight excluding hydrogens is 732 g/mol. The number of nitrogens with one attached hydrogen (secondary N) is 2. The molecule has 0 spiro atoms. The Morgan fingerprint density at radius 2 is 1.44 bits per heavy atom. The molecule has 1 aliphatic carbocycles. The summed E-state index contributed by atoms with van der Waals surface area (Å²) in [5.74, 6) is -3.06. The summed E-state index contributed by atoms with van der Waals surface area (Å²) in [6.45, 7) is 13.3. The van der Waals surface area contributed by atoms with Crippen molar-refractivity contribution in [3.05, 3.63) is 123 Å². The molecule has 0 saturated carbocycles. The lowest BCUT2D eigenvalue weighted by Gasteiger charge is -2.19. The molecule has 6 rings (SSSR count). The lowest BCUT2D eigenvalue weighted by molar-refractivity contribution is -0.114. The molecule has 0 radical (unpaired) electrons. The largest absolute Gasteiger partial charge is 0.497 e. The Balaban J connectivity index is 1.60. The number of alkyl halides is 3. The van der Waals surface area contributed by atoms with Crippen LogP contribution in [0.4, 0.5) is 35.9 Å². The van der Waals surface area contributed by atoms with Crippen molar-refractivity contribution in [2.24, 2.45) is 4.99 Å². The van der Waals surface area contributed by atoms with Gasteiger partial charge in [0.05, 0.1) is 11.0 Å². The van der Waals surface area contributed by atoms with E-state index in [4.69, 9.17) is 4.99 Å². The molecule has 12 heteroatoms. The van der Waals surface area contributed by atoms with Gasteiger partial charge in [-0.25, -0.2) is 13.4 Å². The summed E-state index contributed by atoms with van der Waals surface area (Å²) in [6.07, 6.45) is 0. The average Bonchev–Trinajstić information content (AvgIpc) is 3.08. The fraction of sp³-hybridized carbons (Fsp3) is 0.214. The molecule has 0 saturated heterocycles. The number of carbonyl (C=O) groups excluding carboxylic acids is 2. The van der Waals surface area contributed by atoms with E-state index in [0.717, 1.165) is 59.7 Å². The van der Waals surface area contributed by atoms with Gasteiger partial charge in [-0.15, -0.1) is 11.3 Å². The maximum Gasteiger partial charge on any atom is 0.497 e. The van der Waals surface area contributed by atoms with Crippen LogP contribution in [0.1, 0.15) is 50.7 Å². The van der Waals surface area contributed by atoms with E-state index in [9.17, 15) is 31.2 Å². The minimum atomic E-state index is -5.72. The number of nitrogens with zero attached hydrogens (tertiary/aromatic N) is 1. The van der Waals surface area contributed by atoms with Crippen molar-refractivity contribution in [2.75, 3.05) is 16.4 Å². The first-order chi connectivity index (χ1) is 25.3.